The number of carboxylic acids is 1. The van der Waals surface area contributed by atoms with Gasteiger partial charge in [-0.1, -0.05) is 11.8 Å². The number of carbonyl (C=O) groups is 1. The molecule has 7 heteroatoms. The van der Waals surface area contributed by atoms with E-state index in [0.717, 1.165) is 22.3 Å². The quantitative estimate of drug-likeness (QED) is 0.852. The van der Waals surface area contributed by atoms with Crippen LogP contribution in [0.2, 0.25) is 0 Å². The molecule has 0 aliphatic rings. The summed E-state index contributed by atoms with van der Waals surface area (Å²) in [4.78, 5) is 19.7. The molecular formula is C11H13N3O2S2. The first-order chi connectivity index (χ1) is 8.58. The van der Waals surface area contributed by atoms with Gasteiger partial charge in [-0.2, -0.15) is 0 Å². The topological polar surface area (TPSA) is 68.0 Å². The van der Waals surface area contributed by atoms with Crippen molar-refractivity contribution in [2.75, 3.05) is 5.75 Å². The minimum atomic E-state index is -0.902. The minimum Gasteiger partial charge on any atom is -0.477 e. The first-order valence-electron chi connectivity index (χ1n) is 5.37. The van der Waals surface area contributed by atoms with E-state index in [1.807, 2.05) is 17.8 Å². The standard InChI is InChI=1S/C11H13N3O2S2/c1-7-9(10(15)16)18-11(13-7)17-6-3-8-12-4-5-14(8)2/h4-5H,3,6H2,1-2H3,(H,15,16). The number of hydrogen-bond donors (Lipinski definition) is 1. The molecule has 0 aromatic carbocycles. The second-order valence-electron chi connectivity index (χ2n) is 3.75. The lowest BCUT2D eigenvalue weighted by Gasteiger charge is -1.99. The van der Waals surface area contributed by atoms with E-state index in [-0.39, 0.29) is 0 Å². The van der Waals surface area contributed by atoms with Crippen molar-refractivity contribution >= 4 is 29.1 Å². The summed E-state index contributed by atoms with van der Waals surface area (Å²) >= 11 is 2.80. The fraction of sp³-hybridized carbons (Fsp3) is 0.364. The maximum absolute atomic E-state index is 10.9. The van der Waals surface area contributed by atoms with Crippen LogP contribution in [0.15, 0.2) is 16.7 Å². The van der Waals surface area contributed by atoms with Gasteiger partial charge in [0.05, 0.1) is 5.69 Å². The Hall–Kier alpha value is -1.34. The first-order valence-corrected chi connectivity index (χ1v) is 7.18. The Labute approximate surface area is 113 Å². The van der Waals surface area contributed by atoms with E-state index in [0.29, 0.717) is 10.6 Å². The summed E-state index contributed by atoms with van der Waals surface area (Å²) in [6, 6.07) is 0. The maximum Gasteiger partial charge on any atom is 0.347 e. The number of thioether (sulfide) groups is 1. The number of carboxylic acid groups (broad SMARTS) is 1. The van der Waals surface area contributed by atoms with Gasteiger partial charge in [0.25, 0.3) is 0 Å². The normalized spacial score (nSPS) is 10.8. The van der Waals surface area contributed by atoms with E-state index in [1.165, 1.54) is 11.3 Å². The molecule has 2 rings (SSSR count). The summed E-state index contributed by atoms with van der Waals surface area (Å²) in [5.74, 6) is 0.965. The Morgan fingerprint density at radius 3 is 2.94 bits per heavy atom. The number of aryl methyl sites for hydroxylation is 3. The highest BCUT2D eigenvalue weighted by atomic mass is 32.2. The molecule has 0 fully saturated rings. The van der Waals surface area contributed by atoms with Crippen molar-refractivity contribution in [2.24, 2.45) is 7.05 Å². The van der Waals surface area contributed by atoms with Gasteiger partial charge < -0.3 is 9.67 Å². The Balaban J connectivity index is 1.93. The number of imidazole rings is 1. The number of thiazole rings is 1. The number of nitrogens with zero attached hydrogens (tertiary/aromatic N) is 3. The molecule has 0 amide bonds. The van der Waals surface area contributed by atoms with Gasteiger partial charge in [-0.15, -0.1) is 11.3 Å². The highest BCUT2D eigenvalue weighted by Crippen LogP contribution is 2.27. The number of hydrogen-bond acceptors (Lipinski definition) is 5. The predicted octanol–water partition coefficient (Wildman–Crippen LogP) is 2.22. The van der Waals surface area contributed by atoms with Crippen LogP contribution in [-0.2, 0) is 13.5 Å². The molecule has 0 aliphatic carbocycles. The number of aromatic carboxylic acids is 1. The fourth-order valence-electron chi connectivity index (χ4n) is 1.50. The van der Waals surface area contributed by atoms with Gasteiger partial charge in [-0.25, -0.2) is 14.8 Å². The zero-order chi connectivity index (χ0) is 13.1. The molecule has 18 heavy (non-hydrogen) atoms. The predicted molar refractivity (Wildman–Crippen MR) is 71.4 cm³/mol. The lowest BCUT2D eigenvalue weighted by atomic mass is 10.4. The van der Waals surface area contributed by atoms with Crippen molar-refractivity contribution in [3.63, 3.8) is 0 Å². The van der Waals surface area contributed by atoms with Crippen LogP contribution in [0.4, 0.5) is 0 Å². The molecule has 0 radical (unpaired) electrons. The van der Waals surface area contributed by atoms with Crippen molar-refractivity contribution in [1.82, 2.24) is 14.5 Å². The summed E-state index contributed by atoms with van der Waals surface area (Å²) in [5, 5.41) is 8.94. The Kier molecular flexibility index (Phi) is 4.03. The fourth-order valence-corrected chi connectivity index (χ4v) is 3.53. The number of rotatable bonds is 5. The average molecular weight is 283 g/mol. The van der Waals surface area contributed by atoms with E-state index in [4.69, 9.17) is 5.11 Å². The average Bonchev–Trinajstić information content (AvgIpc) is 2.86. The van der Waals surface area contributed by atoms with Crippen LogP contribution in [0, 0.1) is 6.92 Å². The molecule has 2 heterocycles. The zero-order valence-corrected chi connectivity index (χ0v) is 11.7. The second-order valence-corrected chi connectivity index (χ2v) is 6.09. The summed E-state index contributed by atoms with van der Waals surface area (Å²) in [7, 11) is 1.96. The summed E-state index contributed by atoms with van der Waals surface area (Å²) < 4.78 is 2.79. The molecule has 0 saturated heterocycles. The van der Waals surface area contributed by atoms with E-state index < -0.39 is 5.97 Å². The largest absolute Gasteiger partial charge is 0.477 e. The van der Waals surface area contributed by atoms with Crippen LogP contribution < -0.4 is 0 Å². The van der Waals surface area contributed by atoms with Crippen molar-refractivity contribution in [3.05, 3.63) is 28.8 Å². The second kappa shape index (κ2) is 5.53. The molecule has 0 saturated carbocycles. The van der Waals surface area contributed by atoms with Crippen molar-refractivity contribution < 1.29 is 9.90 Å². The Morgan fingerprint density at radius 2 is 2.39 bits per heavy atom. The lowest BCUT2D eigenvalue weighted by Crippen LogP contribution is -1.98. The monoisotopic (exact) mass is 283 g/mol. The highest BCUT2D eigenvalue weighted by molar-refractivity contribution is 8.01. The van der Waals surface area contributed by atoms with Gasteiger partial charge in [0.2, 0.25) is 0 Å². The Morgan fingerprint density at radius 1 is 1.61 bits per heavy atom. The van der Waals surface area contributed by atoms with Crippen LogP contribution in [0.5, 0.6) is 0 Å². The molecular weight excluding hydrogens is 270 g/mol. The van der Waals surface area contributed by atoms with Crippen molar-refractivity contribution in [2.45, 2.75) is 17.7 Å². The molecule has 96 valence electrons. The third-order valence-corrected chi connectivity index (χ3v) is 4.73. The van der Waals surface area contributed by atoms with E-state index in [2.05, 4.69) is 9.97 Å². The van der Waals surface area contributed by atoms with Gasteiger partial charge in [0, 0.05) is 31.6 Å². The van der Waals surface area contributed by atoms with Crippen LogP contribution >= 0.6 is 23.1 Å². The zero-order valence-electron chi connectivity index (χ0n) is 10.1. The van der Waals surface area contributed by atoms with Crippen LogP contribution in [0.1, 0.15) is 21.2 Å². The summed E-state index contributed by atoms with van der Waals surface area (Å²) in [6.45, 7) is 1.72. The molecule has 0 unspecified atom stereocenters. The van der Waals surface area contributed by atoms with Gasteiger partial charge in [-0.3, -0.25) is 0 Å². The van der Waals surface area contributed by atoms with Crippen LogP contribution in [0.25, 0.3) is 0 Å². The first kappa shape index (κ1) is 13.1. The van der Waals surface area contributed by atoms with E-state index >= 15 is 0 Å². The highest BCUT2D eigenvalue weighted by Gasteiger charge is 2.14. The SMILES string of the molecule is Cc1nc(SCCc2nccn2C)sc1C(=O)O. The number of aromatic nitrogens is 3. The summed E-state index contributed by atoms with van der Waals surface area (Å²) in [5.41, 5.74) is 0.590. The smallest absolute Gasteiger partial charge is 0.347 e. The summed E-state index contributed by atoms with van der Waals surface area (Å²) in [6.07, 6.45) is 4.53. The maximum atomic E-state index is 10.9. The van der Waals surface area contributed by atoms with Crippen molar-refractivity contribution in [3.8, 4) is 0 Å². The van der Waals surface area contributed by atoms with Gasteiger partial charge in [0.15, 0.2) is 4.34 Å². The Bertz CT molecular complexity index is 562. The molecule has 0 aliphatic heterocycles. The lowest BCUT2D eigenvalue weighted by molar-refractivity contribution is 0.0701. The minimum absolute atomic E-state index is 0.328. The molecule has 0 spiro atoms. The van der Waals surface area contributed by atoms with E-state index in [1.54, 1.807) is 24.9 Å². The van der Waals surface area contributed by atoms with Gasteiger partial charge in [0.1, 0.15) is 10.7 Å². The van der Waals surface area contributed by atoms with Gasteiger partial charge >= 0.3 is 5.97 Å². The van der Waals surface area contributed by atoms with Crippen molar-refractivity contribution in [1.29, 1.82) is 0 Å². The van der Waals surface area contributed by atoms with Crippen LogP contribution in [0.3, 0.4) is 0 Å². The van der Waals surface area contributed by atoms with Gasteiger partial charge in [-0.05, 0) is 6.92 Å². The van der Waals surface area contributed by atoms with E-state index in [9.17, 15) is 4.79 Å². The molecule has 2 aromatic heterocycles. The third kappa shape index (κ3) is 2.91. The third-order valence-electron chi connectivity index (χ3n) is 2.44. The molecule has 0 bridgehead atoms. The molecule has 0 atom stereocenters. The van der Waals surface area contributed by atoms with Crippen LogP contribution in [-0.4, -0.2) is 31.4 Å². The molecule has 1 N–H and O–H groups in total. The molecule has 5 nitrogen and oxygen atoms in total. The molecule has 2 aromatic rings.